The molecule has 2 heterocycles. The minimum Gasteiger partial charge on any atom is -0.344 e. The van der Waals surface area contributed by atoms with Gasteiger partial charge < -0.3 is 16.0 Å². The van der Waals surface area contributed by atoms with E-state index >= 15 is 0 Å². The zero-order chi connectivity index (χ0) is 17.0. The van der Waals surface area contributed by atoms with Crippen molar-refractivity contribution in [2.75, 3.05) is 18.0 Å². The highest BCUT2D eigenvalue weighted by Gasteiger charge is 2.38. The number of halogens is 1. The van der Waals surface area contributed by atoms with Crippen LogP contribution in [0.15, 0.2) is 12.4 Å². The van der Waals surface area contributed by atoms with Crippen LogP contribution in [0, 0.1) is 5.41 Å². The van der Waals surface area contributed by atoms with Crippen LogP contribution in [0.3, 0.4) is 0 Å². The fraction of sp³-hybridized carbons (Fsp3) is 0.688. The number of aryl methyl sites for hydroxylation is 1. The van der Waals surface area contributed by atoms with Gasteiger partial charge in [0.15, 0.2) is 0 Å². The van der Waals surface area contributed by atoms with Gasteiger partial charge in [0.2, 0.25) is 11.8 Å². The van der Waals surface area contributed by atoms with Gasteiger partial charge in [0.05, 0.1) is 17.3 Å². The van der Waals surface area contributed by atoms with E-state index in [-0.39, 0.29) is 24.2 Å². The van der Waals surface area contributed by atoms with E-state index in [0.717, 1.165) is 12.1 Å². The molecule has 1 atom stereocenters. The topological polar surface area (TPSA) is 93.2 Å². The number of nitrogens with one attached hydrogen (secondary N) is 1. The Morgan fingerprint density at radius 3 is 2.62 bits per heavy atom. The molecule has 1 unspecified atom stereocenters. The Morgan fingerprint density at radius 1 is 1.46 bits per heavy atom. The molecular weight excluding hydrogens is 330 g/mol. The summed E-state index contributed by atoms with van der Waals surface area (Å²) in [5.41, 5.74) is 6.01. The number of hydrogen-bond acceptors (Lipinski definition) is 4. The summed E-state index contributed by atoms with van der Waals surface area (Å²) >= 11 is 0. The molecule has 7 nitrogen and oxygen atoms in total. The van der Waals surface area contributed by atoms with Gasteiger partial charge in [-0.3, -0.25) is 14.3 Å². The highest BCUT2D eigenvalue weighted by Crippen LogP contribution is 2.26. The monoisotopic (exact) mass is 357 g/mol. The number of anilines is 1. The number of rotatable bonds is 6. The normalized spacial score (nSPS) is 18.2. The van der Waals surface area contributed by atoms with Crippen LogP contribution in [-0.4, -0.2) is 40.7 Å². The number of amides is 2. The molecule has 2 amide bonds. The molecule has 3 N–H and O–H groups in total. The molecule has 0 bridgehead atoms. The molecule has 0 aliphatic carbocycles. The third-order valence-electron chi connectivity index (χ3n) is 4.97. The lowest BCUT2D eigenvalue weighted by atomic mass is 9.81. The van der Waals surface area contributed by atoms with Gasteiger partial charge in [-0.25, -0.2) is 0 Å². The molecule has 0 aromatic carbocycles. The number of piperidine rings is 1. The van der Waals surface area contributed by atoms with Crippen LogP contribution in [0.1, 0.15) is 39.5 Å². The largest absolute Gasteiger partial charge is 0.344 e. The number of nitrogens with zero attached hydrogens (tertiary/aromatic N) is 3. The average Bonchev–Trinajstić information content (AvgIpc) is 2.98. The maximum absolute atomic E-state index is 12.7. The molecule has 0 saturated carbocycles. The molecule has 1 aromatic heterocycles. The third kappa shape index (κ3) is 3.89. The minimum atomic E-state index is -0.586. The van der Waals surface area contributed by atoms with Crippen molar-refractivity contribution in [1.29, 1.82) is 0 Å². The van der Waals surface area contributed by atoms with E-state index in [9.17, 15) is 9.59 Å². The standard InChI is InChI=1S/C16H27N5O2.ClH/c1-4-16(5-2,11-17)15(23)19-13-7-6-8-21(14(13)22)12-9-18-20(3)10-12;/h9-10,13H,4-8,11,17H2,1-3H3,(H,19,23);1H. The van der Waals surface area contributed by atoms with Gasteiger partial charge in [-0.05, 0) is 25.7 Å². The van der Waals surface area contributed by atoms with E-state index in [0.29, 0.717) is 32.4 Å². The van der Waals surface area contributed by atoms with Crippen LogP contribution >= 0.6 is 12.4 Å². The summed E-state index contributed by atoms with van der Waals surface area (Å²) in [6, 6.07) is -0.486. The Hall–Kier alpha value is -1.60. The summed E-state index contributed by atoms with van der Waals surface area (Å²) in [7, 11) is 1.81. The second-order valence-corrected chi connectivity index (χ2v) is 6.22. The molecule has 1 saturated heterocycles. The Labute approximate surface area is 149 Å². The molecule has 1 aliphatic rings. The number of hydrogen-bond donors (Lipinski definition) is 2. The Balaban J connectivity index is 0.00000288. The van der Waals surface area contributed by atoms with Crippen molar-refractivity contribution in [3.05, 3.63) is 12.4 Å². The Bertz CT molecular complexity index is 562. The van der Waals surface area contributed by atoms with E-state index in [2.05, 4.69) is 10.4 Å². The Kier molecular flexibility index (Phi) is 7.23. The smallest absolute Gasteiger partial charge is 0.249 e. The van der Waals surface area contributed by atoms with E-state index < -0.39 is 11.5 Å². The number of nitrogens with two attached hydrogens (primary N) is 1. The van der Waals surface area contributed by atoms with Crippen LogP contribution < -0.4 is 16.0 Å². The van der Waals surface area contributed by atoms with Gasteiger partial charge in [0.25, 0.3) is 0 Å². The molecule has 24 heavy (non-hydrogen) atoms. The molecule has 2 rings (SSSR count). The highest BCUT2D eigenvalue weighted by molar-refractivity contribution is 6.00. The Morgan fingerprint density at radius 2 is 2.12 bits per heavy atom. The van der Waals surface area contributed by atoms with Crippen molar-refractivity contribution in [2.24, 2.45) is 18.2 Å². The highest BCUT2D eigenvalue weighted by atomic mass is 35.5. The van der Waals surface area contributed by atoms with Crippen LogP contribution in [-0.2, 0) is 16.6 Å². The summed E-state index contributed by atoms with van der Waals surface area (Å²) in [5.74, 6) is -0.188. The average molecular weight is 358 g/mol. The second-order valence-electron chi connectivity index (χ2n) is 6.22. The predicted octanol–water partition coefficient (Wildman–Crippen LogP) is 1.22. The summed E-state index contributed by atoms with van der Waals surface area (Å²) in [5, 5.41) is 7.04. The van der Waals surface area contributed by atoms with Crippen molar-refractivity contribution in [1.82, 2.24) is 15.1 Å². The maximum atomic E-state index is 12.7. The SMILES string of the molecule is CCC(CC)(CN)C(=O)NC1CCCN(c2cnn(C)c2)C1=O.Cl. The summed E-state index contributed by atoms with van der Waals surface area (Å²) < 4.78 is 1.67. The number of carbonyl (C=O) groups is 2. The fourth-order valence-corrected chi connectivity index (χ4v) is 3.08. The molecule has 1 fully saturated rings. The summed E-state index contributed by atoms with van der Waals surface area (Å²) in [4.78, 5) is 27.0. The van der Waals surface area contributed by atoms with Crippen molar-refractivity contribution in [3.8, 4) is 0 Å². The summed E-state index contributed by atoms with van der Waals surface area (Å²) in [6.07, 6.45) is 6.32. The lowest BCUT2D eigenvalue weighted by Crippen LogP contribution is -2.56. The van der Waals surface area contributed by atoms with E-state index in [4.69, 9.17) is 5.73 Å². The first-order valence-electron chi connectivity index (χ1n) is 8.28. The van der Waals surface area contributed by atoms with Crippen LogP contribution in [0.25, 0.3) is 0 Å². The first-order valence-corrected chi connectivity index (χ1v) is 8.28. The van der Waals surface area contributed by atoms with Crippen molar-refractivity contribution in [3.63, 3.8) is 0 Å². The van der Waals surface area contributed by atoms with Gasteiger partial charge in [0.1, 0.15) is 6.04 Å². The number of aromatic nitrogens is 2. The van der Waals surface area contributed by atoms with Gasteiger partial charge in [-0.1, -0.05) is 13.8 Å². The van der Waals surface area contributed by atoms with Gasteiger partial charge in [-0.2, -0.15) is 5.10 Å². The van der Waals surface area contributed by atoms with Gasteiger partial charge in [0, 0.05) is 26.3 Å². The van der Waals surface area contributed by atoms with Crippen LogP contribution in [0.4, 0.5) is 5.69 Å². The van der Waals surface area contributed by atoms with E-state index in [1.54, 1.807) is 15.8 Å². The molecular formula is C16H28ClN5O2. The maximum Gasteiger partial charge on any atom is 0.249 e. The zero-order valence-corrected chi connectivity index (χ0v) is 15.4. The summed E-state index contributed by atoms with van der Waals surface area (Å²) in [6.45, 7) is 4.86. The van der Waals surface area contributed by atoms with Crippen molar-refractivity contribution in [2.45, 2.75) is 45.6 Å². The van der Waals surface area contributed by atoms with Gasteiger partial charge in [-0.15, -0.1) is 12.4 Å². The number of carbonyl (C=O) groups excluding carboxylic acids is 2. The molecule has 1 aromatic rings. The molecule has 8 heteroatoms. The zero-order valence-electron chi connectivity index (χ0n) is 14.6. The quantitative estimate of drug-likeness (QED) is 0.800. The molecule has 1 aliphatic heterocycles. The van der Waals surface area contributed by atoms with E-state index in [1.807, 2.05) is 27.1 Å². The van der Waals surface area contributed by atoms with Crippen LogP contribution in [0.2, 0.25) is 0 Å². The lowest BCUT2D eigenvalue weighted by Gasteiger charge is -2.35. The van der Waals surface area contributed by atoms with Crippen LogP contribution in [0.5, 0.6) is 0 Å². The third-order valence-corrected chi connectivity index (χ3v) is 4.97. The minimum absolute atomic E-state index is 0. The van der Waals surface area contributed by atoms with E-state index in [1.165, 1.54) is 0 Å². The molecule has 0 spiro atoms. The van der Waals surface area contributed by atoms with Gasteiger partial charge >= 0.3 is 0 Å². The lowest BCUT2D eigenvalue weighted by molar-refractivity contribution is -0.135. The second kappa shape index (κ2) is 8.48. The van der Waals surface area contributed by atoms with Crippen molar-refractivity contribution < 1.29 is 9.59 Å². The fourth-order valence-electron chi connectivity index (χ4n) is 3.08. The molecule has 0 radical (unpaired) electrons. The first kappa shape index (κ1) is 20.4. The predicted molar refractivity (Wildman–Crippen MR) is 96.0 cm³/mol. The molecule has 136 valence electrons. The van der Waals surface area contributed by atoms with Crippen molar-refractivity contribution >= 4 is 29.9 Å². The first-order chi connectivity index (χ1) is 11.0.